The topological polar surface area (TPSA) is 90.9 Å². The second-order valence-electron chi connectivity index (χ2n) is 6.49. The van der Waals surface area contributed by atoms with E-state index in [2.05, 4.69) is 32.3 Å². The number of thioether (sulfide) groups is 2. The Labute approximate surface area is 182 Å². The van der Waals surface area contributed by atoms with Crippen molar-refractivity contribution in [3.8, 4) is 0 Å². The molecule has 0 unspecified atom stereocenters. The summed E-state index contributed by atoms with van der Waals surface area (Å²) in [5.41, 5.74) is -1.16. The standard InChI is InChI=1S/C20H33NO6S2/c1-6-10-28-12-16(13-29-11-7-2)27-19(24)21-20(5,14-25-17(22)8-3)15-26-18(23)9-4/h8-9,16H,3-4,6-7,10-15H2,1-2,5H3,(H,21,24). The average molecular weight is 448 g/mol. The Morgan fingerprint density at radius 3 is 1.79 bits per heavy atom. The summed E-state index contributed by atoms with van der Waals surface area (Å²) >= 11 is 3.47. The number of esters is 2. The molecule has 29 heavy (non-hydrogen) atoms. The van der Waals surface area contributed by atoms with Crippen molar-refractivity contribution < 1.29 is 28.6 Å². The first kappa shape index (κ1) is 27.4. The molecular formula is C20H33NO6S2. The number of ether oxygens (including phenoxy) is 3. The average Bonchev–Trinajstić information content (AvgIpc) is 2.70. The highest BCUT2D eigenvalue weighted by atomic mass is 32.2. The Balaban J connectivity index is 4.95. The van der Waals surface area contributed by atoms with Crippen molar-refractivity contribution in [2.24, 2.45) is 0 Å². The van der Waals surface area contributed by atoms with E-state index < -0.39 is 23.6 Å². The molecule has 0 spiro atoms. The predicted octanol–water partition coefficient (Wildman–Crippen LogP) is 3.58. The molecule has 7 nitrogen and oxygen atoms in total. The zero-order valence-electron chi connectivity index (χ0n) is 17.6. The summed E-state index contributed by atoms with van der Waals surface area (Å²) in [6.45, 7) is 12.0. The minimum absolute atomic E-state index is 0.211. The zero-order chi connectivity index (χ0) is 22.1. The van der Waals surface area contributed by atoms with Crippen LogP contribution in [0.3, 0.4) is 0 Å². The van der Waals surface area contributed by atoms with E-state index in [-0.39, 0.29) is 19.3 Å². The van der Waals surface area contributed by atoms with Crippen LogP contribution in [0.2, 0.25) is 0 Å². The van der Waals surface area contributed by atoms with Gasteiger partial charge in [0.05, 0.1) is 0 Å². The van der Waals surface area contributed by atoms with Gasteiger partial charge >= 0.3 is 18.0 Å². The second kappa shape index (κ2) is 16.2. The van der Waals surface area contributed by atoms with Crippen molar-refractivity contribution in [2.75, 3.05) is 36.2 Å². The molecule has 0 atom stereocenters. The maximum atomic E-state index is 12.5. The summed E-state index contributed by atoms with van der Waals surface area (Å²) < 4.78 is 15.7. The van der Waals surface area contributed by atoms with E-state index in [1.54, 1.807) is 30.4 Å². The largest absolute Gasteiger partial charge is 0.460 e. The minimum Gasteiger partial charge on any atom is -0.460 e. The Hall–Kier alpha value is -1.61. The van der Waals surface area contributed by atoms with E-state index >= 15 is 0 Å². The zero-order valence-corrected chi connectivity index (χ0v) is 19.2. The highest BCUT2D eigenvalue weighted by molar-refractivity contribution is 8.00. The number of carbonyl (C=O) groups excluding carboxylic acids is 3. The first-order chi connectivity index (χ1) is 13.8. The van der Waals surface area contributed by atoms with E-state index in [0.29, 0.717) is 11.5 Å². The quantitative estimate of drug-likeness (QED) is 0.166. The van der Waals surface area contributed by atoms with Gasteiger partial charge in [-0.15, -0.1) is 0 Å². The molecule has 0 aromatic heterocycles. The molecule has 0 aliphatic carbocycles. The fraction of sp³-hybridized carbons (Fsp3) is 0.650. The lowest BCUT2D eigenvalue weighted by molar-refractivity contribution is -0.144. The number of amides is 1. The van der Waals surface area contributed by atoms with Crippen LogP contribution in [-0.2, 0) is 23.8 Å². The second-order valence-corrected chi connectivity index (χ2v) is 8.79. The fourth-order valence-electron chi connectivity index (χ4n) is 1.95. The van der Waals surface area contributed by atoms with Crippen molar-refractivity contribution in [3.05, 3.63) is 25.3 Å². The lowest BCUT2D eigenvalue weighted by Crippen LogP contribution is -2.54. The molecule has 0 aromatic rings. The van der Waals surface area contributed by atoms with E-state index in [9.17, 15) is 14.4 Å². The molecule has 0 saturated carbocycles. The summed E-state index contributed by atoms with van der Waals surface area (Å²) in [5, 5.41) is 2.66. The Bertz CT molecular complexity index is 507. The number of carbonyl (C=O) groups is 3. The van der Waals surface area contributed by atoms with Crippen molar-refractivity contribution in [2.45, 2.75) is 45.3 Å². The normalized spacial score (nSPS) is 10.9. The first-order valence-electron chi connectivity index (χ1n) is 9.52. The highest BCUT2D eigenvalue weighted by Gasteiger charge is 2.31. The molecule has 166 valence electrons. The van der Waals surface area contributed by atoms with Crippen LogP contribution in [0.5, 0.6) is 0 Å². The van der Waals surface area contributed by atoms with Gasteiger partial charge in [0, 0.05) is 23.7 Å². The van der Waals surface area contributed by atoms with Crippen LogP contribution in [0.15, 0.2) is 25.3 Å². The lowest BCUT2D eigenvalue weighted by Gasteiger charge is -2.30. The number of hydrogen-bond acceptors (Lipinski definition) is 8. The van der Waals surface area contributed by atoms with E-state index in [4.69, 9.17) is 14.2 Å². The molecule has 0 bridgehead atoms. The Kier molecular flexibility index (Phi) is 15.3. The van der Waals surface area contributed by atoms with E-state index in [1.165, 1.54) is 0 Å². The van der Waals surface area contributed by atoms with Gasteiger partial charge in [0.2, 0.25) is 0 Å². The molecule has 0 rings (SSSR count). The van der Waals surface area contributed by atoms with Crippen LogP contribution in [0.4, 0.5) is 4.79 Å². The van der Waals surface area contributed by atoms with Crippen LogP contribution in [0.25, 0.3) is 0 Å². The van der Waals surface area contributed by atoms with Gasteiger partial charge in [-0.2, -0.15) is 23.5 Å². The molecule has 0 heterocycles. The SMILES string of the molecule is C=CC(=O)OCC(C)(COC(=O)C=C)NC(=O)OC(CSCCC)CSCCC. The van der Waals surface area contributed by atoms with Gasteiger partial charge in [0.15, 0.2) is 0 Å². The minimum atomic E-state index is -1.16. The number of rotatable bonds is 16. The van der Waals surface area contributed by atoms with Crippen molar-refractivity contribution in [3.63, 3.8) is 0 Å². The molecule has 0 aromatic carbocycles. The van der Waals surface area contributed by atoms with Crippen LogP contribution in [0, 0.1) is 0 Å². The summed E-state index contributed by atoms with van der Waals surface area (Å²) in [4.78, 5) is 35.3. The Morgan fingerprint density at radius 1 is 0.966 bits per heavy atom. The van der Waals surface area contributed by atoms with Gasteiger partial charge in [-0.3, -0.25) is 0 Å². The smallest absolute Gasteiger partial charge is 0.408 e. The van der Waals surface area contributed by atoms with Gasteiger partial charge in [-0.25, -0.2) is 14.4 Å². The van der Waals surface area contributed by atoms with Crippen LogP contribution in [0.1, 0.15) is 33.6 Å². The summed E-state index contributed by atoms with van der Waals surface area (Å²) in [6.07, 6.45) is 3.22. The fourth-order valence-corrected chi connectivity index (χ4v) is 3.91. The highest BCUT2D eigenvalue weighted by Crippen LogP contribution is 2.15. The van der Waals surface area contributed by atoms with E-state index in [1.807, 2.05) is 0 Å². The number of hydrogen-bond donors (Lipinski definition) is 1. The lowest BCUT2D eigenvalue weighted by atomic mass is 10.1. The van der Waals surface area contributed by atoms with Crippen molar-refractivity contribution in [1.29, 1.82) is 0 Å². The molecule has 0 aliphatic rings. The van der Waals surface area contributed by atoms with Crippen LogP contribution < -0.4 is 5.32 Å². The summed E-state index contributed by atoms with van der Waals surface area (Å²) in [7, 11) is 0. The third-order valence-corrected chi connectivity index (χ3v) is 5.99. The molecule has 1 amide bonds. The van der Waals surface area contributed by atoms with Gasteiger partial charge in [0.25, 0.3) is 0 Å². The Morgan fingerprint density at radius 2 is 1.41 bits per heavy atom. The summed E-state index contributed by atoms with van der Waals surface area (Å²) in [5.74, 6) is 2.09. The summed E-state index contributed by atoms with van der Waals surface area (Å²) in [6, 6.07) is 0. The first-order valence-corrected chi connectivity index (χ1v) is 11.8. The molecule has 0 fully saturated rings. The molecule has 0 saturated heterocycles. The van der Waals surface area contributed by atoms with Crippen LogP contribution >= 0.6 is 23.5 Å². The molecule has 0 radical (unpaired) electrons. The van der Waals surface area contributed by atoms with Crippen molar-refractivity contribution >= 4 is 41.6 Å². The molecule has 9 heteroatoms. The molecule has 1 N–H and O–H groups in total. The van der Waals surface area contributed by atoms with E-state index in [0.717, 1.165) is 36.5 Å². The number of alkyl carbamates (subject to hydrolysis) is 1. The predicted molar refractivity (Wildman–Crippen MR) is 119 cm³/mol. The van der Waals surface area contributed by atoms with Gasteiger partial charge in [-0.1, -0.05) is 27.0 Å². The maximum Gasteiger partial charge on any atom is 0.408 e. The molecule has 0 aliphatic heterocycles. The van der Waals surface area contributed by atoms with Crippen molar-refractivity contribution in [1.82, 2.24) is 5.32 Å². The monoisotopic (exact) mass is 447 g/mol. The van der Waals surface area contributed by atoms with Gasteiger partial charge in [-0.05, 0) is 31.3 Å². The van der Waals surface area contributed by atoms with Crippen LogP contribution in [-0.4, -0.2) is 65.9 Å². The third-order valence-electron chi connectivity index (χ3n) is 3.38. The molecular weight excluding hydrogens is 414 g/mol. The van der Waals surface area contributed by atoms with Gasteiger partial charge < -0.3 is 19.5 Å². The maximum absolute atomic E-state index is 12.5. The number of nitrogens with one attached hydrogen (secondary N) is 1. The third kappa shape index (κ3) is 14.1. The van der Waals surface area contributed by atoms with Gasteiger partial charge in [0.1, 0.15) is 24.9 Å².